The Morgan fingerprint density at radius 3 is 3.12 bits per heavy atom. The van der Waals surface area contributed by atoms with Crippen molar-refractivity contribution >= 4 is 16.8 Å². The molecule has 2 atom stereocenters. The van der Waals surface area contributed by atoms with E-state index in [1.54, 1.807) is 4.90 Å². The summed E-state index contributed by atoms with van der Waals surface area (Å²) in [6.07, 6.45) is 5.79. The van der Waals surface area contributed by atoms with Gasteiger partial charge in [0.25, 0.3) is 0 Å². The third kappa shape index (κ3) is 2.99. The summed E-state index contributed by atoms with van der Waals surface area (Å²) >= 11 is 0. The molecule has 0 spiro atoms. The predicted molar refractivity (Wildman–Crippen MR) is 102 cm³/mol. The van der Waals surface area contributed by atoms with Crippen LogP contribution in [0.25, 0.3) is 10.9 Å². The maximum Gasteiger partial charge on any atom is 0.237 e. The van der Waals surface area contributed by atoms with Gasteiger partial charge in [0.2, 0.25) is 5.91 Å². The molecule has 0 saturated carbocycles. The number of aromatic nitrogens is 1. The minimum absolute atomic E-state index is 0.0621. The molecule has 1 saturated heterocycles. The van der Waals surface area contributed by atoms with Gasteiger partial charge in [-0.3, -0.25) is 4.79 Å². The number of para-hydroxylation sites is 1. The molecular formula is C21H26N4O. The second-order valence-corrected chi connectivity index (χ2v) is 7.47. The number of nitrogens with one attached hydrogen (secondary N) is 2. The van der Waals surface area contributed by atoms with Crippen molar-refractivity contribution in [3.05, 3.63) is 35.0 Å². The van der Waals surface area contributed by atoms with Crippen molar-refractivity contribution in [3.8, 4) is 6.07 Å². The zero-order valence-corrected chi connectivity index (χ0v) is 15.3. The van der Waals surface area contributed by atoms with Gasteiger partial charge in [-0.2, -0.15) is 5.26 Å². The van der Waals surface area contributed by atoms with Crippen LogP contribution in [0.3, 0.4) is 0 Å². The maximum atomic E-state index is 12.5. The lowest BCUT2D eigenvalue weighted by atomic mass is 9.91. The number of rotatable bonds is 4. The molecule has 1 aromatic heterocycles. The first kappa shape index (κ1) is 17.1. The maximum absolute atomic E-state index is 12.5. The summed E-state index contributed by atoms with van der Waals surface area (Å²) in [4.78, 5) is 17.8. The van der Waals surface area contributed by atoms with E-state index in [1.807, 2.05) is 0 Å². The van der Waals surface area contributed by atoms with Crippen LogP contribution < -0.4 is 5.32 Å². The second-order valence-electron chi connectivity index (χ2n) is 7.47. The number of amides is 1. The molecule has 1 amide bonds. The fourth-order valence-corrected chi connectivity index (χ4v) is 4.50. The van der Waals surface area contributed by atoms with Gasteiger partial charge in [0.15, 0.2) is 0 Å². The summed E-state index contributed by atoms with van der Waals surface area (Å²) in [6.45, 7) is 3.24. The van der Waals surface area contributed by atoms with Gasteiger partial charge >= 0.3 is 0 Å². The number of hydrogen-bond donors (Lipinski definition) is 2. The van der Waals surface area contributed by atoms with Crippen LogP contribution in [-0.4, -0.2) is 41.0 Å². The van der Waals surface area contributed by atoms with Crippen LogP contribution in [-0.2, 0) is 24.1 Å². The minimum atomic E-state index is -0.233. The molecule has 2 aromatic rings. The molecule has 0 unspecified atom stereocenters. The first-order valence-corrected chi connectivity index (χ1v) is 9.75. The van der Waals surface area contributed by atoms with E-state index in [-0.39, 0.29) is 11.9 Å². The number of likely N-dealkylation sites (tertiary alicyclic amines) is 1. The van der Waals surface area contributed by atoms with Gasteiger partial charge in [0.1, 0.15) is 6.04 Å². The molecule has 5 heteroatoms. The largest absolute Gasteiger partial charge is 0.358 e. The standard InChI is InChI=1S/C21H26N4O/c1-2-14-5-3-7-17-18-11-15(8-9-19(18)24-21(14)17)23-13-20(26)25-10-4-6-16(25)12-22/h3,5,7,15-16,23-24H,2,4,6,8-11,13H2,1H3/t15-,16-/m0/s1. The number of aryl methyl sites for hydroxylation is 2. The van der Waals surface area contributed by atoms with Crippen molar-refractivity contribution in [3.63, 3.8) is 0 Å². The Hall–Kier alpha value is -2.32. The lowest BCUT2D eigenvalue weighted by Crippen LogP contribution is -2.44. The average molecular weight is 350 g/mol. The number of fused-ring (bicyclic) bond motifs is 3. The van der Waals surface area contributed by atoms with Crippen LogP contribution in [0.5, 0.6) is 0 Å². The third-order valence-electron chi connectivity index (χ3n) is 5.95. The van der Waals surface area contributed by atoms with Gasteiger partial charge < -0.3 is 15.2 Å². The van der Waals surface area contributed by atoms with Crippen LogP contribution in [0.4, 0.5) is 0 Å². The normalized spacial score (nSPS) is 22.4. The van der Waals surface area contributed by atoms with E-state index in [0.29, 0.717) is 12.6 Å². The average Bonchev–Trinajstić information content (AvgIpc) is 3.29. The fourth-order valence-electron chi connectivity index (χ4n) is 4.50. The molecule has 1 fully saturated rings. The van der Waals surface area contributed by atoms with Crippen LogP contribution in [0.1, 0.15) is 43.0 Å². The molecule has 26 heavy (non-hydrogen) atoms. The third-order valence-corrected chi connectivity index (χ3v) is 5.95. The lowest BCUT2D eigenvalue weighted by Gasteiger charge is -2.25. The Bertz CT molecular complexity index is 863. The van der Waals surface area contributed by atoms with Crippen molar-refractivity contribution in [1.29, 1.82) is 5.26 Å². The second kappa shape index (κ2) is 7.13. The van der Waals surface area contributed by atoms with Gasteiger partial charge in [-0.25, -0.2) is 0 Å². The van der Waals surface area contributed by atoms with E-state index in [2.05, 4.69) is 41.5 Å². The van der Waals surface area contributed by atoms with Gasteiger partial charge in [-0.15, -0.1) is 0 Å². The summed E-state index contributed by atoms with van der Waals surface area (Å²) in [6, 6.07) is 8.88. The molecular weight excluding hydrogens is 324 g/mol. The summed E-state index contributed by atoms with van der Waals surface area (Å²) in [5.41, 5.74) is 5.41. The molecule has 2 heterocycles. The van der Waals surface area contributed by atoms with Crippen molar-refractivity contribution in [1.82, 2.24) is 15.2 Å². The molecule has 4 rings (SSSR count). The monoisotopic (exact) mass is 350 g/mol. The number of nitriles is 1. The topological polar surface area (TPSA) is 71.9 Å². The minimum Gasteiger partial charge on any atom is -0.358 e. The molecule has 1 aliphatic carbocycles. The number of nitrogens with zero attached hydrogens (tertiary/aromatic N) is 2. The Morgan fingerprint density at radius 1 is 1.42 bits per heavy atom. The quantitative estimate of drug-likeness (QED) is 0.890. The van der Waals surface area contributed by atoms with Crippen LogP contribution >= 0.6 is 0 Å². The zero-order valence-electron chi connectivity index (χ0n) is 15.3. The highest BCUT2D eigenvalue weighted by Crippen LogP contribution is 2.31. The highest BCUT2D eigenvalue weighted by atomic mass is 16.2. The summed E-state index contributed by atoms with van der Waals surface area (Å²) in [5.74, 6) is 0.0621. The lowest BCUT2D eigenvalue weighted by molar-refractivity contribution is -0.130. The number of aromatic amines is 1. The van der Waals surface area contributed by atoms with E-state index in [1.165, 1.54) is 27.7 Å². The molecule has 136 valence electrons. The molecule has 1 aromatic carbocycles. The Balaban J connectivity index is 1.44. The number of carbonyl (C=O) groups is 1. The van der Waals surface area contributed by atoms with Gasteiger partial charge in [0.05, 0.1) is 12.6 Å². The van der Waals surface area contributed by atoms with Crippen molar-refractivity contribution < 1.29 is 4.79 Å². The zero-order chi connectivity index (χ0) is 18.1. The molecule has 2 aliphatic rings. The van der Waals surface area contributed by atoms with Crippen molar-refractivity contribution in [2.75, 3.05) is 13.1 Å². The smallest absolute Gasteiger partial charge is 0.237 e. The van der Waals surface area contributed by atoms with Crippen LogP contribution in [0, 0.1) is 11.3 Å². The SMILES string of the molecule is CCc1cccc2c3c([nH]c12)CC[C@H](NCC(=O)N1CCC[C@H]1C#N)C3. The van der Waals surface area contributed by atoms with Crippen LogP contribution in [0.15, 0.2) is 18.2 Å². The highest BCUT2D eigenvalue weighted by molar-refractivity contribution is 5.87. The Labute approximate surface area is 154 Å². The van der Waals surface area contributed by atoms with E-state index in [0.717, 1.165) is 45.1 Å². The van der Waals surface area contributed by atoms with Gasteiger partial charge in [-0.1, -0.05) is 25.1 Å². The molecule has 5 nitrogen and oxygen atoms in total. The van der Waals surface area contributed by atoms with E-state index in [9.17, 15) is 4.79 Å². The number of hydrogen-bond acceptors (Lipinski definition) is 3. The number of carbonyl (C=O) groups excluding carboxylic acids is 1. The van der Waals surface area contributed by atoms with Gasteiger partial charge in [0, 0.05) is 29.2 Å². The summed E-state index contributed by atoms with van der Waals surface area (Å²) in [7, 11) is 0. The van der Waals surface area contributed by atoms with Crippen LogP contribution in [0.2, 0.25) is 0 Å². The number of benzene rings is 1. The molecule has 0 radical (unpaired) electrons. The number of H-pyrrole nitrogens is 1. The van der Waals surface area contributed by atoms with E-state index in [4.69, 9.17) is 5.26 Å². The predicted octanol–water partition coefficient (Wildman–Crippen LogP) is 2.69. The van der Waals surface area contributed by atoms with E-state index >= 15 is 0 Å². The summed E-state index contributed by atoms with van der Waals surface area (Å²) in [5, 5.41) is 14.0. The molecule has 2 N–H and O–H groups in total. The fraction of sp³-hybridized carbons (Fsp3) is 0.524. The molecule has 0 bridgehead atoms. The Kier molecular flexibility index (Phi) is 4.69. The highest BCUT2D eigenvalue weighted by Gasteiger charge is 2.29. The Morgan fingerprint density at radius 2 is 2.31 bits per heavy atom. The first-order chi connectivity index (χ1) is 12.7. The van der Waals surface area contributed by atoms with Gasteiger partial charge in [-0.05, 0) is 49.7 Å². The summed E-state index contributed by atoms with van der Waals surface area (Å²) < 4.78 is 0. The first-order valence-electron chi connectivity index (χ1n) is 9.75. The van der Waals surface area contributed by atoms with E-state index < -0.39 is 0 Å². The molecule has 1 aliphatic heterocycles. The van der Waals surface area contributed by atoms with Crippen molar-refractivity contribution in [2.24, 2.45) is 0 Å². The van der Waals surface area contributed by atoms with Crippen molar-refractivity contribution in [2.45, 2.75) is 57.5 Å².